The number of aryl methyl sites for hydroxylation is 1. The van der Waals surface area contributed by atoms with E-state index in [0.717, 1.165) is 11.4 Å². The molecule has 15 heavy (non-hydrogen) atoms. The van der Waals surface area contributed by atoms with Crippen molar-refractivity contribution in [1.29, 1.82) is 0 Å². The molecule has 0 fully saturated rings. The Morgan fingerprint density at radius 1 is 1.27 bits per heavy atom. The standard InChI is InChI=1S/C12H15N3/c1-9(2)12-8-15(14-13-12)11-6-4-5-10(3)7-11/h4-9H,1-3H3. The fraction of sp³-hybridized carbons (Fsp3) is 0.333. The lowest BCUT2D eigenvalue weighted by atomic mass is 10.1. The third-order valence-electron chi connectivity index (χ3n) is 2.37. The van der Waals surface area contributed by atoms with E-state index in [2.05, 4.69) is 43.2 Å². The van der Waals surface area contributed by atoms with Gasteiger partial charge in [-0.25, -0.2) is 4.68 Å². The first-order valence-electron chi connectivity index (χ1n) is 5.16. The number of nitrogens with zero attached hydrogens (tertiary/aromatic N) is 3. The van der Waals surface area contributed by atoms with Crippen molar-refractivity contribution in [3.05, 3.63) is 41.7 Å². The molecule has 2 aromatic rings. The second-order valence-corrected chi connectivity index (χ2v) is 4.08. The fourth-order valence-electron chi connectivity index (χ4n) is 1.44. The molecule has 1 aromatic carbocycles. The summed E-state index contributed by atoms with van der Waals surface area (Å²) >= 11 is 0. The average molecular weight is 201 g/mol. The Kier molecular flexibility index (Phi) is 2.54. The van der Waals surface area contributed by atoms with E-state index in [1.54, 1.807) is 0 Å². The van der Waals surface area contributed by atoms with E-state index in [-0.39, 0.29) is 0 Å². The lowest BCUT2D eigenvalue weighted by Gasteiger charge is -2.00. The molecule has 0 bridgehead atoms. The van der Waals surface area contributed by atoms with Crippen LogP contribution >= 0.6 is 0 Å². The molecule has 0 saturated heterocycles. The quantitative estimate of drug-likeness (QED) is 0.748. The highest BCUT2D eigenvalue weighted by Crippen LogP contribution is 2.13. The SMILES string of the molecule is Cc1cccc(-n2cc(C(C)C)nn2)c1. The summed E-state index contributed by atoms with van der Waals surface area (Å²) in [5.74, 6) is 0.420. The molecule has 0 aliphatic carbocycles. The van der Waals surface area contributed by atoms with Gasteiger partial charge in [0.25, 0.3) is 0 Å². The average Bonchev–Trinajstić information content (AvgIpc) is 2.66. The van der Waals surface area contributed by atoms with Crippen LogP contribution in [0.25, 0.3) is 5.69 Å². The van der Waals surface area contributed by atoms with Crippen molar-refractivity contribution in [3.8, 4) is 5.69 Å². The molecule has 0 saturated carbocycles. The summed E-state index contributed by atoms with van der Waals surface area (Å²) in [5.41, 5.74) is 3.32. The van der Waals surface area contributed by atoms with E-state index >= 15 is 0 Å². The monoisotopic (exact) mass is 201 g/mol. The molecule has 1 aromatic heterocycles. The van der Waals surface area contributed by atoms with E-state index in [4.69, 9.17) is 0 Å². The molecule has 3 nitrogen and oxygen atoms in total. The summed E-state index contributed by atoms with van der Waals surface area (Å²) in [7, 11) is 0. The molecule has 0 N–H and O–H groups in total. The second-order valence-electron chi connectivity index (χ2n) is 4.08. The zero-order chi connectivity index (χ0) is 10.8. The number of aromatic nitrogens is 3. The minimum absolute atomic E-state index is 0.420. The van der Waals surface area contributed by atoms with Gasteiger partial charge in [0.2, 0.25) is 0 Å². The number of rotatable bonds is 2. The van der Waals surface area contributed by atoms with Crippen LogP contribution in [0.15, 0.2) is 30.5 Å². The highest BCUT2D eigenvalue weighted by molar-refractivity contribution is 5.34. The highest BCUT2D eigenvalue weighted by atomic mass is 15.4. The summed E-state index contributed by atoms with van der Waals surface area (Å²) < 4.78 is 1.82. The van der Waals surface area contributed by atoms with Crippen molar-refractivity contribution in [3.63, 3.8) is 0 Å². The van der Waals surface area contributed by atoms with Crippen molar-refractivity contribution < 1.29 is 0 Å². The summed E-state index contributed by atoms with van der Waals surface area (Å²) in [5, 5.41) is 8.25. The lowest BCUT2D eigenvalue weighted by Crippen LogP contribution is -1.94. The Bertz CT molecular complexity index is 457. The zero-order valence-electron chi connectivity index (χ0n) is 9.31. The molecule has 2 rings (SSSR count). The van der Waals surface area contributed by atoms with E-state index in [1.807, 2.05) is 23.0 Å². The predicted octanol–water partition coefficient (Wildman–Crippen LogP) is 2.70. The van der Waals surface area contributed by atoms with Crippen molar-refractivity contribution in [2.24, 2.45) is 0 Å². The Morgan fingerprint density at radius 3 is 2.67 bits per heavy atom. The van der Waals surface area contributed by atoms with Crippen LogP contribution in [-0.4, -0.2) is 15.0 Å². The van der Waals surface area contributed by atoms with Gasteiger partial charge in [-0.2, -0.15) is 0 Å². The van der Waals surface area contributed by atoms with Crippen LogP contribution in [-0.2, 0) is 0 Å². The molecule has 3 heteroatoms. The van der Waals surface area contributed by atoms with Crippen LogP contribution < -0.4 is 0 Å². The molecular formula is C12H15N3. The highest BCUT2D eigenvalue weighted by Gasteiger charge is 2.05. The largest absolute Gasteiger partial charge is 0.220 e. The van der Waals surface area contributed by atoms with Crippen molar-refractivity contribution in [1.82, 2.24) is 15.0 Å². The van der Waals surface area contributed by atoms with Crippen LogP contribution in [0, 0.1) is 6.92 Å². The molecule has 0 unspecified atom stereocenters. The molecule has 78 valence electrons. The molecule has 0 aliphatic heterocycles. The summed E-state index contributed by atoms with van der Waals surface area (Å²) in [6, 6.07) is 8.23. The maximum atomic E-state index is 4.13. The third kappa shape index (κ3) is 2.06. The van der Waals surface area contributed by atoms with Crippen molar-refractivity contribution >= 4 is 0 Å². The van der Waals surface area contributed by atoms with Gasteiger partial charge in [-0.15, -0.1) is 5.10 Å². The van der Waals surface area contributed by atoms with Crippen LogP contribution in [0.5, 0.6) is 0 Å². The maximum absolute atomic E-state index is 4.13. The van der Waals surface area contributed by atoms with Gasteiger partial charge in [-0.3, -0.25) is 0 Å². The summed E-state index contributed by atoms with van der Waals surface area (Å²) in [6.45, 7) is 6.30. The number of benzene rings is 1. The van der Waals surface area contributed by atoms with Gasteiger partial charge in [0, 0.05) is 0 Å². The Labute approximate surface area is 89.7 Å². The van der Waals surface area contributed by atoms with E-state index in [1.165, 1.54) is 5.56 Å². The molecule has 0 amide bonds. The third-order valence-corrected chi connectivity index (χ3v) is 2.37. The first kappa shape index (κ1) is 9.90. The van der Waals surface area contributed by atoms with E-state index in [9.17, 15) is 0 Å². The van der Waals surface area contributed by atoms with E-state index < -0.39 is 0 Å². The van der Waals surface area contributed by atoms with Gasteiger partial charge in [0.1, 0.15) is 0 Å². The van der Waals surface area contributed by atoms with Gasteiger partial charge in [0.05, 0.1) is 17.6 Å². The predicted molar refractivity (Wildman–Crippen MR) is 60.2 cm³/mol. The smallest absolute Gasteiger partial charge is 0.0857 e. The van der Waals surface area contributed by atoms with Gasteiger partial charge >= 0.3 is 0 Å². The van der Waals surface area contributed by atoms with Gasteiger partial charge in [-0.05, 0) is 30.5 Å². The van der Waals surface area contributed by atoms with Gasteiger partial charge < -0.3 is 0 Å². The zero-order valence-corrected chi connectivity index (χ0v) is 9.31. The topological polar surface area (TPSA) is 30.7 Å². The van der Waals surface area contributed by atoms with E-state index in [0.29, 0.717) is 5.92 Å². The molecule has 1 heterocycles. The fourth-order valence-corrected chi connectivity index (χ4v) is 1.44. The van der Waals surface area contributed by atoms with Crippen LogP contribution in [0.3, 0.4) is 0 Å². The minimum Gasteiger partial charge on any atom is -0.220 e. The van der Waals surface area contributed by atoms with Crippen molar-refractivity contribution in [2.45, 2.75) is 26.7 Å². The van der Waals surface area contributed by atoms with Gasteiger partial charge in [0.15, 0.2) is 0 Å². The first-order chi connectivity index (χ1) is 7.16. The molecule has 0 radical (unpaired) electrons. The molecular weight excluding hydrogens is 186 g/mol. The molecule has 0 spiro atoms. The van der Waals surface area contributed by atoms with Crippen LogP contribution in [0.2, 0.25) is 0 Å². The summed E-state index contributed by atoms with van der Waals surface area (Å²) in [4.78, 5) is 0. The lowest BCUT2D eigenvalue weighted by molar-refractivity contribution is 0.775. The molecule has 0 aliphatic rings. The summed E-state index contributed by atoms with van der Waals surface area (Å²) in [6.07, 6.45) is 1.99. The van der Waals surface area contributed by atoms with Crippen LogP contribution in [0.1, 0.15) is 31.0 Å². The number of hydrogen-bond acceptors (Lipinski definition) is 2. The Balaban J connectivity index is 2.37. The maximum Gasteiger partial charge on any atom is 0.0857 e. The van der Waals surface area contributed by atoms with Crippen molar-refractivity contribution in [2.75, 3.05) is 0 Å². The Hall–Kier alpha value is -1.64. The molecule has 0 atom stereocenters. The normalized spacial score (nSPS) is 10.9. The Morgan fingerprint density at radius 2 is 2.07 bits per heavy atom. The first-order valence-corrected chi connectivity index (χ1v) is 5.16. The van der Waals surface area contributed by atoms with Crippen LogP contribution in [0.4, 0.5) is 0 Å². The second kappa shape index (κ2) is 3.85. The van der Waals surface area contributed by atoms with Gasteiger partial charge in [-0.1, -0.05) is 31.2 Å². The number of hydrogen-bond donors (Lipinski definition) is 0. The minimum atomic E-state index is 0.420.